The maximum Gasteiger partial charge on any atom is 0.224 e. The summed E-state index contributed by atoms with van der Waals surface area (Å²) < 4.78 is 30.1. The van der Waals surface area contributed by atoms with Crippen molar-refractivity contribution in [1.29, 1.82) is 0 Å². The van der Waals surface area contributed by atoms with Gasteiger partial charge in [-0.05, 0) is 56.9 Å². The van der Waals surface area contributed by atoms with Crippen molar-refractivity contribution in [3.63, 3.8) is 0 Å². The van der Waals surface area contributed by atoms with Crippen LogP contribution in [0.2, 0.25) is 5.02 Å². The van der Waals surface area contributed by atoms with Gasteiger partial charge in [0, 0.05) is 24.1 Å². The minimum atomic E-state index is -0.848. The molecule has 2 aromatic heterocycles. The molecule has 0 radical (unpaired) electrons. The number of primary amides is 1. The molecule has 2 aliphatic carbocycles. The van der Waals surface area contributed by atoms with E-state index in [1.54, 1.807) is 6.20 Å². The lowest BCUT2D eigenvalue weighted by Gasteiger charge is -2.31. The van der Waals surface area contributed by atoms with Crippen molar-refractivity contribution in [2.75, 3.05) is 10.6 Å². The van der Waals surface area contributed by atoms with Crippen molar-refractivity contribution in [1.82, 2.24) is 19.5 Å². The monoisotopic (exact) mass is 533 g/mol. The predicted molar refractivity (Wildman–Crippen MR) is 137 cm³/mol. The van der Waals surface area contributed by atoms with Gasteiger partial charge in [-0.15, -0.1) is 0 Å². The molecule has 0 unspecified atom stereocenters. The molecule has 2 fully saturated rings. The Balaban J connectivity index is 1.50. The van der Waals surface area contributed by atoms with Crippen LogP contribution in [0, 0.1) is 23.5 Å². The first-order chi connectivity index (χ1) is 17.7. The van der Waals surface area contributed by atoms with Gasteiger partial charge in [0.1, 0.15) is 11.3 Å². The lowest BCUT2D eigenvalue weighted by atomic mass is 9.85. The Morgan fingerprint density at radius 3 is 2.59 bits per heavy atom. The molecule has 198 valence electrons. The highest BCUT2D eigenvalue weighted by atomic mass is 35.5. The van der Waals surface area contributed by atoms with Gasteiger partial charge in [-0.2, -0.15) is 4.98 Å². The highest BCUT2D eigenvalue weighted by Gasteiger charge is 2.30. The number of imidazole rings is 1. The minimum Gasteiger partial charge on any atom is -0.393 e. The summed E-state index contributed by atoms with van der Waals surface area (Å²) in [5.41, 5.74) is 6.45. The second-order valence-corrected chi connectivity index (χ2v) is 10.6. The van der Waals surface area contributed by atoms with Gasteiger partial charge in [-0.25, -0.2) is 18.7 Å². The predicted octanol–water partition coefficient (Wildman–Crippen LogP) is 4.68. The van der Waals surface area contributed by atoms with Crippen LogP contribution in [-0.4, -0.2) is 42.7 Å². The van der Waals surface area contributed by atoms with Crippen LogP contribution in [0.3, 0.4) is 0 Å². The number of amides is 1. The van der Waals surface area contributed by atoms with Gasteiger partial charge in [-0.3, -0.25) is 9.36 Å². The van der Waals surface area contributed by atoms with Gasteiger partial charge in [-0.1, -0.05) is 18.5 Å². The molecule has 9 nitrogen and oxygen atoms in total. The first-order valence-corrected chi connectivity index (χ1v) is 13.0. The van der Waals surface area contributed by atoms with E-state index in [0.717, 1.165) is 25.0 Å². The van der Waals surface area contributed by atoms with Crippen LogP contribution in [0.5, 0.6) is 0 Å². The molecule has 0 aliphatic heterocycles. The molecule has 37 heavy (non-hydrogen) atoms. The Kier molecular flexibility index (Phi) is 7.17. The number of anilines is 3. The number of fused-ring (bicyclic) bond motifs is 1. The molecule has 2 aliphatic rings. The van der Waals surface area contributed by atoms with Crippen LogP contribution in [0.1, 0.15) is 57.9 Å². The van der Waals surface area contributed by atoms with Gasteiger partial charge < -0.3 is 21.5 Å². The topological polar surface area (TPSA) is 131 Å². The van der Waals surface area contributed by atoms with Gasteiger partial charge in [0.25, 0.3) is 0 Å². The van der Waals surface area contributed by atoms with E-state index in [2.05, 4.69) is 20.6 Å². The smallest absolute Gasteiger partial charge is 0.224 e. The third kappa shape index (κ3) is 5.33. The number of aliphatic hydroxyl groups is 1. The SMILES string of the molecule is C[C@@H]1CC[C@@H](Nc2ncc3nc(Nc4c(F)cc(F)cc4Cl)n([C@H]4CC[C@@H](C(N)=O)CC4)c3n2)C[C@H]1O. The summed E-state index contributed by atoms with van der Waals surface area (Å²) in [5, 5.41) is 16.4. The number of nitrogens with zero attached hydrogens (tertiary/aromatic N) is 4. The van der Waals surface area contributed by atoms with Crippen LogP contribution < -0.4 is 16.4 Å². The van der Waals surface area contributed by atoms with Crippen LogP contribution in [0.25, 0.3) is 11.2 Å². The maximum atomic E-state index is 14.6. The molecule has 3 atom stereocenters. The van der Waals surface area contributed by atoms with Gasteiger partial charge >= 0.3 is 0 Å². The number of hydrogen-bond donors (Lipinski definition) is 4. The van der Waals surface area contributed by atoms with E-state index in [1.165, 1.54) is 0 Å². The molecule has 0 saturated heterocycles. The molecule has 5 rings (SSSR count). The summed E-state index contributed by atoms with van der Waals surface area (Å²) in [4.78, 5) is 25.5. The average molecular weight is 534 g/mol. The summed E-state index contributed by atoms with van der Waals surface area (Å²) in [6, 6.07) is 1.72. The average Bonchev–Trinajstić information content (AvgIpc) is 3.21. The van der Waals surface area contributed by atoms with Gasteiger partial charge in [0.15, 0.2) is 11.5 Å². The van der Waals surface area contributed by atoms with Crippen LogP contribution >= 0.6 is 11.6 Å². The number of aliphatic hydroxyl groups excluding tert-OH is 1. The first kappa shape index (κ1) is 25.6. The maximum absolute atomic E-state index is 14.6. The molecular formula is C25H30ClF2N7O2. The van der Waals surface area contributed by atoms with Crippen molar-refractivity contribution >= 4 is 46.3 Å². The number of carbonyl (C=O) groups is 1. The molecule has 2 saturated carbocycles. The second-order valence-electron chi connectivity index (χ2n) is 10.2. The van der Waals surface area contributed by atoms with E-state index in [0.29, 0.717) is 55.2 Å². The first-order valence-electron chi connectivity index (χ1n) is 12.6. The summed E-state index contributed by atoms with van der Waals surface area (Å²) in [6.07, 6.45) is 6.12. The van der Waals surface area contributed by atoms with Crippen LogP contribution in [0.15, 0.2) is 18.3 Å². The third-order valence-corrected chi connectivity index (χ3v) is 7.93. The zero-order valence-electron chi connectivity index (χ0n) is 20.4. The highest BCUT2D eigenvalue weighted by molar-refractivity contribution is 6.33. The van der Waals surface area contributed by atoms with E-state index in [1.807, 2.05) is 11.5 Å². The molecule has 12 heteroatoms. The number of hydrogen-bond acceptors (Lipinski definition) is 7. The molecule has 3 aromatic rings. The number of carbonyl (C=O) groups excluding carboxylic acids is 1. The van der Waals surface area contributed by atoms with Crippen molar-refractivity contribution < 1.29 is 18.7 Å². The largest absolute Gasteiger partial charge is 0.393 e. The Bertz CT molecular complexity index is 1290. The van der Waals surface area contributed by atoms with Crippen molar-refractivity contribution in [3.05, 3.63) is 35.0 Å². The fraction of sp³-hybridized carbons (Fsp3) is 0.520. The van der Waals surface area contributed by atoms with E-state index < -0.39 is 11.6 Å². The number of nitrogens with one attached hydrogen (secondary N) is 2. The standard InChI is InChI=1S/C25H30ClF2N7O2/c1-12-2-5-15(10-20(12)36)31-24-30-11-19-23(34-24)35(16-6-3-13(4-7-16)22(29)37)25(32-19)33-21-17(26)8-14(27)9-18(21)28/h8-9,11-13,15-16,20,36H,2-7,10H2,1H3,(H2,29,37)(H,32,33)(H,30,31,34)/t12-,13-,15-,16+,20-/m1/s1. The van der Waals surface area contributed by atoms with Crippen molar-refractivity contribution in [2.24, 2.45) is 17.6 Å². The molecule has 0 bridgehead atoms. The molecule has 5 N–H and O–H groups in total. The summed E-state index contributed by atoms with van der Waals surface area (Å²) in [6.45, 7) is 2.04. The highest BCUT2D eigenvalue weighted by Crippen LogP contribution is 2.38. The van der Waals surface area contributed by atoms with E-state index >= 15 is 0 Å². The zero-order valence-corrected chi connectivity index (χ0v) is 21.2. The molecule has 1 aromatic carbocycles. The molecule has 1 amide bonds. The fourth-order valence-electron chi connectivity index (χ4n) is 5.40. The lowest BCUT2D eigenvalue weighted by molar-refractivity contribution is -0.122. The summed E-state index contributed by atoms with van der Waals surface area (Å²) in [5.74, 6) is -1.19. The lowest BCUT2D eigenvalue weighted by Crippen LogP contribution is -2.35. The number of halogens is 3. The second kappa shape index (κ2) is 10.4. The number of rotatable bonds is 6. The normalized spacial score (nSPS) is 26.2. The van der Waals surface area contributed by atoms with Gasteiger partial charge in [0.05, 0.1) is 23.0 Å². The zero-order chi connectivity index (χ0) is 26.3. The van der Waals surface area contributed by atoms with Crippen molar-refractivity contribution in [3.8, 4) is 0 Å². The Labute approximate surface area is 217 Å². The third-order valence-electron chi connectivity index (χ3n) is 7.63. The Morgan fingerprint density at radius 2 is 1.92 bits per heavy atom. The summed E-state index contributed by atoms with van der Waals surface area (Å²) in [7, 11) is 0. The van der Waals surface area contributed by atoms with E-state index in [4.69, 9.17) is 22.3 Å². The van der Waals surface area contributed by atoms with Gasteiger partial charge in [0.2, 0.25) is 17.8 Å². The minimum absolute atomic E-state index is 0.0377. The number of benzene rings is 1. The van der Waals surface area contributed by atoms with Crippen LogP contribution in [-0.2, 0) is 4.79 Å². The molecule has 2 heterocycles. The Hall–Kier alpha value is -3.05. The molecular weight excluding hydrogens is 504 g/mol. The molecule has 0 spiro atoms. The van der Waals surface area contributed by atoms with Crippen LogP contribution in [0.4, 0.5) is 26.4 Å². The van der Waals surface area contributed by atoms with E-state index in [-0.39, 0.29) is 46.6 Å². The quantitative estimate of drug-likeness (QED) is 0.362. The Morgan fingerprint density at radius 1 is 1.16 bits per heavy atom. The fourth-order valence-corrected chi connectivity index (χ4v) is 5.64. The number of nitrogens with two attached hydrogens (primary N) is 1. The summed E-state index contributed by atoms with van der Waals surface area (Å²) >= 11 is 6.14. The van der Waals surface area contributed by atoms with Crippen molar-refractivity contribution in [2.45, 2.75) is 70.1 Å². The number of aromatic nitrogens is 4. The van der Waals surface area contributed by atoms with E-state index in [9.17, 15) is 18.7 Å².